The molecule has 4 nitrogen and oxygen atoms in total. The molecule has 2 aromatic rings. The fourth-order valence-electron chi connectivity index (χ4n) is 2.02. The van der Waals surface area contributed by atoms with E-state index in [1.165, 1.54) is 23.1 Å². The maximum Gasteiger partial charge on any atom is 0.255 e. The van der Waals surface area contributed by atoms with Gasteiger partial charge in [0.25, 0.3) is 5.91 Å². The average molecular weight is 306 g/mol. The summed E-state index contributed by atoms with van der Waals surface area (Å²) in [6.45, 7) is 1.88. The molecule has 2 rings (SSSR count). The number of amides is 1. The van der Waals surface area contributed by atoms with E-state index in [-0.39, 0.29) is 29.0 Å². The smallest absolute Gasteiger partial charge is 0.255 e. The van der Waals surface area contributed by atoms with Gasteiger partial charge < -0.3 is 15.1 Å². The third-order valence-electron chi connectivity index (χ3n) is 3.46. The zero-order valence-electron chi connectivity index (χ0n) is 11.7. The monoisotopic (exact) mass is 305 g/mol. The van der Waals surface area contributed by atoms with E-state index in [1.54, 1.807) is 31.3 Å². The van der Waals surface area contributed by atoms with Crippen LogP contribution in [0.15, 0.2) is 42.5 Å². The molecule has 0 saturated heterocycles. The molecule has 110 valence electrons. The Labute approximate surface area is 128 Å². The summed E-state index contributed by atoms with van der Waals surface area (Å²) in [5.74, 6) is -0.110. The molecule has 0 heterocycles. The predicted octanol–water partition coefficient (Wildman–Crippen LogP) is 3.58. The van der Waals surface area contributed by atoms with Crippen molar-refractivity contribution in [3.63, 3.8) is 0 Å². The Morgan fingerprint density at radius 3 is 2.29 bits per heavy atom. The number of carbonyl (C=O) groups excluding carboxylic acids is 1. The van der Waals surface area contributed by atoms with E-state index in [2.05, 4.69) is 0 Å². The van der Waals surface area contributed by atoms with Crippen LogP contribution in [0.5, 0.6) is 11.5 Å². The van der Waals surface area contributed by atoms with E-state index < -0.39 is 0 Å². The molecule has 21 heavy (non-hydrogen) atoms. The first-order valence-electron chi connectivity index (χ1n) is 6.44. The van der Waals surface area contributed by atoms with Crippen LogP contribution in [-0.4, -0.2) is 28.1 Å². The Balaban J connectivity index is 2.26. The van der Waals surface area contributed by atoms with Gasteiger partial charge in [0, 0.05) is 7.05 Å². The highest BCUT2D eigenvalue weighted by Crippen LogP contribution is 2.27. The van der Waals surface area contributed by atoms with E-state index in [1.807, 2.05) is 6.92 Å². The molecule has 1 amide bonds. The molecule has 0 aliphatic carbocycles. The van der Waals surface area contributed by atoms with Gasteiger partial charge in [0.05, 0.1) is 16.6 Å². The van der Waals surface area contributed by atoms with Crippen molar-refractivity contribution in [1.82, 2.24) is 4.90 Å². The predicted molar refractivity (Wildman–Crippen MR) is 81.7 cm³/mol. The minimum atomic E-state index is -0.281. The number of hydrogen-bond acceptors (Lipinski definition) is 3. The van der Waals surface area contributed by atoms with Gasteiger partial charge in [0.1, 0.15) is 11.5 Å². The Morgan fingerprint density at radius 2 is 1.67 bits per heavy atom. The van der Waals surface area contributed by atoms with Gasteiger partial charge in [-0.25, -0.2) is 0 Å². The highest BCUT2D eigenvalue weighted by molar-refractivity contribution is 6.33. The lowest BCUT2D eigenvalue weighted by atomic mass is 10.1. The van der Waals surface area contributed by atoms with Gasteiger partial charge >= 0.3 is 0 Å². The van der Waals surface area contributed by atoms with Crippen molar-refractivity contribution >= 4 is 17.5 Å². The summed E-state index contributed by atoms with van der Waals surface area (Å²) in [5, 5.41) is 19.1. The quantitative estimate of drug-likeness (QED) is 0.911. The lowest BCUT2D eigenvalue weighted by Gasteiger charge is -2.26. The average Bonchev–Trinajstić information content (AvgIpc) is 2.48. The zero-order chi connectivity index (χ0) is 15.6. The largest absolute Gasteiger partial charge is 0.508 e. The van der Waals surface area contributed by atoms with Crippen molar-refractivity contribution in [1.29, 1.82) is 0 Å². The summed E-state index contributed by atoms with van der Waals surface area (Å²) in [6.07, 6.45) is 0. The highest BCUT2D eigenvalue weighted by atomic mass is 35.5. The van der Waals surface area contributed by atoms with Crippen LogP contribution in [0.3, 0.4) is 0 Å². The summed E-state index contributed by atoms with van der Waals surface area (Å²) >= 11 is 6.01. The first-order chi connectivity index (χ1) is 9.90. The second kappa shape index (κ2) is 6.06. The summed E-state index contributed by atoms with van der Waals surface area (Å²) in [6, 6.07) is 10.7. The molecule has 1 atom stereocenters. The number of carbonyl (C=O) groups is 1. The van der Waals surface area contributed by atoms with Crippen molar-refractivity contribution in [2.45, 2.75) is 13.0 Å². The fourth-order valence-corrected chi connectivity index (χ4v) is 2.22. The number of phenolic OH excluding ortho intramolecular Hbond substituents is 2. The van der Waals surface area contributed by atoms with E-state index in [4.69, 9.17) is 11.6 Å². The van der Waals surface area contributed by atoms with E-state index in [9.17, 15) is 15.0 Å². The van der Waals surface area contributed by atoms with Crippen LogP contribution >= 0.6 is 11.6 Å². The summed E-state index contributed by atoms with van der Waals surface area (Å²) < 4.78 is 0. The second-order valence-corrected chi connectivity index (χ2v) is 5.25. The first-order valence-corrected chi connectivity index (χ1v) is 6.82. The van der Waals surface area contributed by atoms with Crippen LogP contribution in [0, 0.1) is 0 Å². The molecule has 0 fully saturated rings. The Bertz CT molecular complexity index is 655. The topological polar surface area (TPSA) is 60.8 Å². The molecular formula is C16H16ClNO3. The van der Waals surface area contributed by atoms with Gasteiger partial charge in [0.2, 0.25) is 0 Å². The van der Waals surface area contributed by atoms with Crippen LogP contribution < -0.4 is 0 Å². The van der Waals surface area contributed by atoms with Gasteiger partial charge in [-0.3, -0.25) is 4.79 Å². The molecular weight excluding hydrogens is 290 g/mol. The second-order valence-electron chi connectivity index (χ2n) is 4.85. The van der Waals surface area contributed by atoms with Gasteiger partial charge in [-0.15, -0.1) is 0 Å². The Morgan fingerprint density at radius 1 is 1.10 bits per heavy atom. The maximum absolute atomic E-state index is 12.5. The summed E-state index contributed by atoms with van der Waals surface area (Å²) in [7, 11) is 1.67. The van der Waals surface area contributed by atoms with Gasteiger partial charge in [-0.1, -0.05) is 23.7 Å². The van der Waals surface area contributed by atoms with Crippen molar-refractivity contribution in [2.24, 2.45) is 0 Å². The first kappa shape index (κ1) is 15.2. The molecule has 2 N–H and O–H groups in total. The van der Waals surface area contributed by atoms with Crippen molar-refractivity contribution in [2.75, 3.05) is 7.05 Å². The fraction of sp³-hybridized carbons (Fsp3) is 0.188. The SMILES string of the molecule is CC(c1ccc(O)cc1)N(C)C(=O)c1cc(O)ccc1Cl. The van der Waals surface area contributed by atoms with Crippen LogP contribution in [0.1, 0.15) is 28.9 Å². The normalized spacial score (nSPS) is 12.0. The maximum atomic E-state index is 12.5. The van der Waals surface area contributed by atoms with Gasteiger partial charge in [-0.2, -0.15) is 0 Å². The molecule has 0 aromatic heterocycles. The molecule has 0 bridgehead atoms. The lowest BCUT2D eigenvalue weighted by molar-refractivity contribution is 0.0742. The number of phenols is 2. The molecule has 1 unspecified atom stereocenters. The van der Waals surface area contributed by atoms with Crippen molar-refractivity contribution in [3.8, 4) is 11.5 Å². The van der Waals surface area contributed by atoms with Crippen LogP contribution in [0.2, 0.25) is 5.02 Å². The van der Waals surface area contributed by atoms with Crippen molar-refractivity contribution < 1.29 is 15.0 Å². The molecule has 0 aliphatic heterocycles. The third kappa shape index (κ3) is 3.28. The Kier molecular flexibility index (Phi) is 4.38. The number of halogens is 1. The van der Waals surface area contributed by atoms with E-state index >= 15 is 0 Å². The van der Waals surface area contributed by atoms with E-state index in [0.717, 1.165) is 5.56 Å². The molecule has 5 heteroatoms. The third-order valence-corrected chi connectivity index (χ3v) is 3.79. The number of nitrogens with zero attached hydrogens (tertiary/aromatic N) is 1. The van der Waals surface area contributed by atoms with Gasteiger partial charge in [-0.05, 0) is 42.8 Å². The zero-order valence-corrected chi connectivity index (χ0v) is 12.5. The summed E-state index contributed by atoms with van der Waals surface area (Å²) in [4.78, 5) is 14.0. The molecule has 0 spiro atoms. The minimum Gasteiger partial charge on any atom is -0.508 e. The molecule has 0 saturated carbocycles. The van der Waals surface area contributed by atoms with Crippen molar-refractivity contribution in [3.05, 3.63) is 58.6 Å². The number of aromatic hydroxyl groups is 2. The van der Waals surface area contributed by atoms with Gasteiger partial charge in [0.15, 0.2) is 0 Å². The lowest BCUT2D eigenvalue weighted by Crippen LogP contribution is -2.29. The van der Waals surface area contributed by atoms with Crippen LogP contribution in [0.4, 0.5) is 0 Å². The standard InChI is InChI=1S/C16H16ClNO3/c1-10(11-3-5-12(19)6-4-11)18(2)16(21)14-9-13(20)7-8-15(14)17/h3-10,19-20H,1-2H3. The van der Waals surface area contributed by atoms with Crippen LogP contribution in [-0.2, 0) is 0 Å². The van der Waals surface area contributed by atoms with Crippen LogP contribution in [0.25, 0.3) is 0 Å². The summed E-state index contributed by atoms with van der Waals surface area (Å²) in [5.41, 5.74) is 1.14. The molecule has 0 aliphatic rings. The molecule has 2 aromatic carbocycles. The minimum absolute atomic E-state index is 0.00608. The molecule has 0 radical (unpaired) electrons. The highest BCUT2D eigenvalue weighted by Gasteiger charge is 2.21. The Hall–Kier alpha value is -2.20. The number of hydrogen-bond donors (Lipinski definition) is 2. The number of rotatable bonds is 3. The number of benzene rings is 2. The van der Waals surface area contributed by atoms with E-state index in [0.29, 0.717) is 5.02 Å².